The summed E-state index contributed by atoms with van der Waals surface area (Å²) in [5.74, 6) is -0.0578. The number of nitrogens with zero attached hydrogens (tertiary/aromatic N) is 2. The number of ether oxygens (including phenoxy) is 2. The van der Waals surface area contributed by atoms with Crippen LogP contribution in [0.3, 0.4) is 0 Å². The SMILES string of the molecule is CCN(CC)CCCn1c(=O)/c(=C\C2OCOc3ccccc32)s/c1=C1/C(=O)Nc2ccc(F)cc21. The quantitative estimate of drug-likeness (QED) is 0.531. The van der Waals surface area contributed by atoms with E-state index in [4.69, 9.17) is 9.47 Å². The zero-order valence-corrected chi connectivity index (χ0v) is 21.1. The predicted octanol–water partition coefficient (Wildman–Crippen LogP) is 2.82. The molecule has 0 fully saturated rings. The number of para-hydroxylation sites is 1. The maximum atomic E-state index is 14.1. The van der Waals surface area contributed by atoms with Crippen molar-refractivity contribution in [2.75, 3.05) is 31.7 Å². The van der Waals surface area contributed by atoms with E-state index in [1.807, 2.05) is 24.3 Å². The summed E-state index contributed by atoms with van der Waals surface area (Å²) in [6.07, 6.45) is 2.08. The van der Waals surface area contributed by atoms with Gasteiger partial charge in [-0.2, -0.15) is 0 Å². The summed E-state index contributed by atoms with van der Waals surface area (Å²) in [6, 6.07) is 11.8. The maximum absolute atomic E-state index is 14.1. The summed E-state index contributed by atoms with van der Waals surface area (Å²) in [6.45, 7) is 7.42. The second kappa shape index (κ2) is 10.4. The Morgan fingerprint density at radius 1 is 1.19 bits per heavy atom. The molecule has 1 amide bonds. The molecule has 0 saturated heterocycles. The highest BCUT2D eigenvalue weighted by Gasteiger charge is 2.28. The van der Waals surface area contributed by atoms with Crippen LogP contribution in [0.4, 0.5) is 10.1 Å². The zero-order valence-electron chi connectivity index (χ0n) is 20.3. The summed E-state index contributed by atoms with van der Waals surface area (Å²) >= 11 is 1.24. The lowest BCUT2D eigenvalue weighted by atomic mass is 10.1. The van der Waals surface area contributed by atoms with E-state index in [0.717, 1.165) is 37.4 Å². The standard InChI is InChI=1S/C27H28FN3O4S/c1-3-30(4-2)12-7-13-31-26(33)23(15-22-18-8-5-6-9-21(18)34-16-35-22)36-27(31)24-19-14-17(28)10-11-20(19)29-25(24)32/h5-6,8-11,14-15,22H,3-4,7,12-13,16H2,1-2H3,(H,29,32)/b23-15+,27-24+. The van der Waals surface area contributed by atoms with Gasteiger partial charge in [-0.05, 0) is 56.4 Å². The third-order valence-electron chi connectivity index (χ3n) is 6.59. The first-order valence-corrected chi connectivity index (χ1v) is 12.9. The smallest absolute Gasteiger partial charge is 0.268 e. The fourth-order valence-corrected chi connectivity index (χ4v) is 5.84. The Labute approximate surface area is 212 Å². The Morgan fingerprint density at radius 2 is 2.00 bits per heavy atom. The van der Waals surface area contributed by atoms with Gasteiger partial charge in [0.25, 0.3) is 11.5 Å². The lowest BCUT2D eigenvalue weighted by Crippen LogP contribution is -2.35. The molecule has 1 N–H and O–H groups in total. The van der Waals surface area contributed by atoms with Crippen LogP contribution in [0.5, 0.6) is 5.75 Å². The number of anilines is 1. The topological polar surface area (TPSA) is 72.8 Å². The van der Waals surface area contributed by atoms with E-state index in [1.165, 1.54) is 23.5 Å². The minimum atomic E-state index is -0.453. The highest BCUT2D eigenvalue weighted by atomic mass is 32.1. The van der Waals surface area contributed by atoms with Gasteiger partial charge in [0, 0.05) is 23.4 Å². The van der Waals surface area contributed by atoms with Gasteiger partial charge in [0.2, 0.25) is 0 Å². The van der Waals surface area contributed by atoms with Crippen LogP contribution in [-0.2, 0) is 16.1 Å². The second-order valence-electron chi connectivity index (χ2n) is 8.68. The molecule has 3 heterocycles. The number of halogens is 1. The summed E-state index contributed by atoms with van der Waals surface area (Å²) in [7, 11) is 0. The lowest BCUT2D eigenvalue weighted by Gasteiger charge is -2.23. The molecule has 2 aliphatic rings. The molecule has 0 aliphatic carbocycles. The van der Waals surface area contributed by atoms with E-state index in [9.17, 15) is 14.0 Å². The number of aromatic nitrogens is 1. The van der Waals surface area contributed by atoms with Gasteiger partial charge in [-0.1, -0.05) is 32.0 Å². The van der Waals surface area contributed by atoms with Crippen molar-refractivity contribution in [1.29, 1.82) is 0 Å². The molecule has 5 rings (SSSR count). The molecule has 9 heteroatoms. The number of rotatable bonds is 7. The minimum absolute atomic E-state index is 0.0842. The van der Waals surface area contributed by atoms with E-state index < -0.39 is 11.9 Å². The molecule has 1 unspecified atom stereocenters. The summed E-state index contributed by atoms with van der Waals surface area (Å²) < 4.78 is 28.2. The Morgan fingerprint density at radius 3 is 2.81 bits per heavy atom. The van der Waals surface area contributed by atoms with Crippen LogP contribution in [-0.4, -0.2) is 41.8 Å². The first-order chi connectivity index (χ1) is 17.5. The van der Waals surface area contributed by atoms with Gasteiger partial charge >= 0.3 is 0 Å². The van der Waals surface area contributed by atoms with Crippen molar-refractivity contribution in [3.8, 4) is 5.75 Å². The molecule has 0 radical (unpaired) electrons. The van der Waals surface area contributed by atoms with Crippen molar-refractivity contribution < 1.29 is 18.7 Å². The minimum Gasteiger partial charge on any atom is -0.467 e. The molecule has 0 spiro atoms. The van der Waals surface area contributed by atoms with Gasteiger partial charge < -0.3 is 19.7 Å². The van der Waals surface area contributed by atoms with Crippen molar-refractivity contribution in [2.24, 2.45) is 0 Å². The molecule has 188 valence electrons. The van der Waals surface area contributed by atoms with E-state index in [2.05, 4.69) is 24.1 Å². The number of hydrogen-bond donors (Lipinski definition) is 1. The van der Waals surface area contributed by atoms with Crippen molar-refractivity contribution in [3.63, 3.8) is 0 Å². The van der Waals surface area contributed by atoms with Crippen LogP contribution in [0.2, 0.25) is 0 Å². The van der Waals surface area contributed by atoms with Gasteiger partial charge in [0.1, 0.15) is 22.3 Å². The van der Waals surface area contributed by atoms with Crippen LogP contribution < -0.4 is 24.8 Å². The van der Waals surface area contributed by atoms with Gasteiger partial charge in [0.15, 0.2) is 6.79 Å². The molecule has 36 heavy (non-hydrogen) atoms. The second-order valence-corrected chi connectivity index (χ2v) is 9.71. The van der Waals surface area contributed by atoms with E-state index in [-0.39, 0.29) is 18.3 Å². The van der Waals surface area contributed by atoms with Gasteiger partial charge in [0.05, 0.1) is 10.1 Å². The predicted molar refractivity (Wildman–Crippen MR) is 138 cm³/mol. The van der Waals surface area contributed by atoms with Crippen LogP contribution in [0, 0.1) is 5.82 Å². The number of thiazole rings is 1. The number of amides is 1. The third-order valence-corrected chi connectivity index (χ3v) is 7.74. The molecule has 2 aromatic carbocycles. The number of carbonyl (C=O) groups is 1. The zero-order chi connectivity index (χ0) is 25.2. The number of hydrogen-bond acceptors (Lipinski definition) is 6. The fraction of sp³-hybridized carbons (Fsp3) is 0.333. The largest absolute Gasteiger partial charge is 0.467 e. The van der Waals surface area contributed by atoms with Crippen LogP contribution in [0.25, 0.3) is 11.6 Å². The average molecular weight is 510 g/mol. The fourth-order valence-electron chi connectivity index (χ4n) is 4.65. The van der Waals surface area contributed by atoms with Crippen molar-refractivity contribution in [2.45, 2.75) is 32.9 Å². The number of carbonyl (C=O) groups excluding carboxylic acids is 1. The molecule has 0 saturated carbocycles. The Kier molecular flexibility index (Phi) is 7.04. The maximum Gasteiger partial charge on any atom is 0.268 e. The highest BCUT2D eigenvalue weighted by molar-refractivity contribution is 7.07. The van der Waals surface area contributed by atoms with Crippen LogP contribution in [0.1, 0.15) is 37.5 Å². The lowest BCUT2D eigenvalue weighted by molar-refractivity contribution is -0.110. The summed E-state index contributed by atoms with van der Waals surface area (Å²) in [5, 5.41) is 2.81. The van der Waals surface area contributed by atoms with Crippen molar-refractivity contribution in [1.82, 2.24) is 9.47 Å². The third kappa shape index (κ3) is 4.61. The van der Waals surface area contributed by atoms with Gasteiger partial charge in [-0.15, -0.1) is 11.3 Å². The average Bonchev–Trinajstić information content (AvgIpc) is 3.36. The molecular weight excluding hydrogens is 481 g/mol. The Balaban J connectivity index is 1.65. The first-order valence-electron chi connectivity index (χ1n) is 12.1. The number of benzene rings is 2. The van der Waals surface area contributed by atoms with E-state index in [1.54, 1.807) is 16.7 Å². The first kappa shape index (κ1) is 24.4. The molecular formula is C27H28FN3O4S. The molecule has 1 aromatic heterocycles. The van der Waals surface area contributed by atoms with Crippen molar-refractivity contribution in [3.05, 3.63) is 79.0 Å². The molecule has 3 aromatic rings. The number of fused-ring (bicyclic) bond motifs is 2. The van der Waals surface area contributed by atoms with Crippen LogP contribution >= 0.6 is 11.3 Å². The highest BCUT2D eigenvalue weighted by Crippen LogP contribution is 2.33. The normalized spacial score (nSPS) is 18.7. The summed E-state index contributed by atoms with van der Waals surface area (Å²) in [5.41, 5.74) is 1.98. The van der Waals surface area contributed by atoms with Gasteiger partial charge in [-0.25, -0.2) is 4.39 Å². The molecule has 1 atom stereocenters. The van der Waals surface area contributed by atoms with E-state index >= 15 is 0 Å². The molecule has 0 bridgehead atoms. The molecule has 2 aliphatic heterocycles. The van der Waals surface area contributed by atoms with Crippen LogP contribution in [0.15, 0.2) is 47.3 Å². The monoisotopic (exact) mass is 509 g/mol. The van der Waals surface area contributed by atoms with Crippen molar-refractivity contribution >= 4 is 34.6 Å². The van der Waals surface area contributed by atoms with E-state index in [0.29, 0.717) is 32.6 Å². The Hall–Kier alpha value is -3.27. The Bertz CT molecular complexity index is 1470. The molecule has 7 nitrogen and oxygen atoms in total. The number of nitrogens with one attached hydrogen (secondary N) is 1. The van der Waals surface area contributed by atoms with Gasteiger partial charge in [-0.3, -0.25) is 14.2 Å². The summed E-state index contributed by atoms with van der Waals surface area (Å²) in [4.78, 5) is 28.9.